The summed E-state index contributed by atoms with van der Waals surface area (Å²) in [4.78, 5) is 0. The molecule has 0 aliphatic heterocycles. The van der Waals surface area contributed by atoms with E-state index >= 15 is 0 Å². The maximum absolute atomic E-state index is 2.47. The van der Waals surface area contributed by atoms with Crippen LogP contribution in [0.5, 0.6) is 0 Å². The fraction of sp³-hybridized carbons (Fsp3) is 0.500. The Bertz CT molecular complexity index is 1030. The van der Waals surface area contributed by atoms with Crippen molar-refractivity contribution in [1.29, 1.82) is 0 Å². The van der Waals surface area contributed by atoms with Crippen LogP contribution in [0.4, 0.5) is 0 Å². The number of benzene rings is 3. The molecule has 0 heterocycles. The summed E-state index contributed by atoms with van der Waals surface area (Å²) in [6, 6.07) is 32.3. The maximum Gasteiger partial charge on any atom is 0.0304 e. The normalized spacial score (nSPS) is 15.1. The number of rotatable bonds is 6. The minimum atomic E-state index is -0.437. The molecule has 0 bridgehead atoms. The van der Waals surface area contributed by atoms with E-state index in [9.17, 15) is 0 Å². The Labute approximate surface area is 237 Å². The standard InChI is InChI=1S/C36H52P2/c1-33(2,3)37(34(4,5)6)31(27-21-15-13-16-22-27)29-25-19-20-26-30(29)32(28-23-17-14-18-24-28)38(35(7,8)9)36(10,11)12/h13-26,31-32H,1-12H3. The molecule has 0 saturated carbocycles. The lowest BCUT2D eigenvalue weighted by Crippen LogP contribution is -2.31. The summed E-state index contributed by atoms with van der Waals surface area (Å²) in [5, 5.41) is 0.787. The molecule has 0 saturated heterocycles. The molecule has 0 fully saturated rings. The summed E-state index contributed by atoms with van der Waals surface area (Å²) in [5.41, 5.74) is 6.71. The third-order valence-electron chi connectivity index (χ3n) is 7.22. The molecule has 0 aliphatic carbocycles. The zero-order valence-corrected chi connectivity index (χ0v) is 27.9. The first-order valence-corrected chi connectivity index (χ1v) is 17.0. The van der Waals surface area contributed by atoms with Crippen LogP contribution in [0.15, 0.2) is 84.9 Å². The molecule has 3 aromatic rings. The summed E-state index contributed by atoms with van der Waals surface area (Å²) in [6.45, 7) is 29.6. The van der Waals surface area contributed by atoms with Gasteiger partial charge in [0.25, 0.3) is 0 Å². The van der Waals surface area contributed by atoms with Crippen molar-refractivity contribution in [2.24, 2.45) is 0 Å². The van der Waals surface area contributed by atoms with Gasteiger partial charge < -0.3 is 0 Å². The molecule has 2 heteroatoms. The van der Waals surface area contributed by atoms with Gasteiger partial charge in [0.15, 0.2) is 0 Å². The summed E-state index contributed by atoms with van der Waals surface area (Å²) < 4.78 is 0. The van der Waals surface area contributed by atoms with Gasteiger partial charge in [-0.05, 0) is 42.9 Å². The van der Waals surface area contributed by atoms with Gasteiger partial charge in [-0.3, -0.25) is 0 Å². The largest absolute Gasteiger partial charge is 0.0833 e. The molecule has 3 aromatic carbocycles. The van der Waals surface area contributed by atoms with Crippen molar-refractivity contribution in [3.63, 3.8) is 0 Å². The van der Waals surface area contributed by atoms with Gasteiger partial charge in [-0.1, -0.05) is 184 Å². The van der Waals surface area contributed by atoms with E-state index in [4.69, 9.17) is 0 Å². The zero-order chi connectivity index (χ0) is 28.5. The van der Waals surface area contributed by atoms with E-state index in [0.29, 0.717) is 11.3 Å². The molecule has 206 valence electrons. The van der Waals surface area contributed by atoms with E-state index in [1.54, 1.807) is 0 Å². The van der Waals surface area contributed by atoms with Gasteiger partial charge in [0.2, 0.25) is 0 Å². The van der Waals surface area contributed by atoms with Gasteiger partial charge in [-0.2, -0.15) is 0 Å². The fourth-order valence-electron chi connectivity index (χ4n) is 6.78. The van der Waals surface area contributed by atoms with Crippen LogP contribution in [-0.2, 0) is 0 Å². The van der Waals surface area contributed by atoms with Crippen LogP contribution in [0.3, 0.4) is 0 Å². The molecule has 38 heavy (non-hydrogen) atoms. The van der Waals surface area contributed by atoms with Crippen LogP contribution in [0.25, 0.3) is 0 Å². The average Bonchev–Trinajstić information content (AvgIpc) is 2.79. The van der Waals surface area contributed by atoms with Crippen LogP contribution < -0.4 is 0 Å². The third-order valence-corrected chi connectivity index (χ3v) is 15.2. The molecule has 0 nitrogen and oxygen atoms in total. The van der Waals surface area contributed by atoms with Gasteiger partial charge in [0, 0.05) is 11.3 Å². The Morgan fingerprint density at radius 2 is 0.605 bits per heavy atom. The second kappa shape index (κ2) is 11.6. The molecular formula is C36H52P2. The quantitative estimate of drug-likeness (QED) is 0.270. The van der Waals surface area contributed by atoms with Crippen LogP contribution in [0.1, 0.15) is 117 Å². The monoisotopic (exact) mass is 546 g/mol. The van der Waals surface area contributed by atoms with E-state index in [-0.39, 0.29) is 20.6 Å². The maximum atomic E-state index is 2.47. The SMILES string of the molecule is CC(C)(C)P(C(c1ccccc1)c1ccccc1C(c1ccccc1)P(C(C)(C)C)C(C)(C)C)C(C)(C)C. The Balaban J connectivity index is 2.44. The first-order chi connectivity index (χ1) is 17.4. The minimum Gasteiger partial charge on any atom is -0.0833 e. The van der Waals surface area contributed by atoms with Crippen LogP contribution in [0.2, 0.25) is 0 Å². The highest BCUT2D eigenvalue weighted by Gasteiger charge is 2.45. The molecule has 0 radical (unpaired) electrons. The van der Waals surface area contributed by atoms with Crippen molar-refractivity contribution < 1.29 is 0 Å². The molecule has 2 unspecified atom stereocenters. The average molecular weight is 547 g/mol. The van der Waals surface area contributed by atoms with Crippen LogP contribution in [0, 0.1) is 0 Å². The summed E-state index contributed by atoms with van der Waals surface area (Å²) in [7, 11) is -0.874. The first kappa shape index (κ1) is 31.1. The Morgan fingerprint density at radius 1 is 0.368 bits per heavy atom. The topological polar surface area (TPSA) is 0 Å². The second-order valence-electron chi connectivity index (χ2n) is 14.7. The molecule has 0 aromatic heterocycles. The highest BCUT2D eigenvalue weighted by Crippen LogP contribution is 2.73. The van der Waals surface area contributed by atoms with Crippen molar-refractivity contribution in [2.75, 3.05) is 0 Å². The lowest BCUT2D eigenvalue weighted by molar-refractivity contribution is 0.687. The summed E-state index contributed by atoms with van der Waals surface area (Å²) >= 11 is 0. The van der Waals surface area contributed by atoms with E-state index in [1.807, 2.05) is 0 Å². The van der Waals surface area contributed by atoms with E-state index < -0.39 is 15.8 Å². The third kappa shape index (κ3) is 7.18. The minimum absolute atomic E-state index is 0.197. The molecule has 0 spiro atoms. The smallest absolute Gasteiger partial charge is 0.0304 e. The van der Waals surface area contributed by atoms with Gasteiger partial charge in [-0.25, -0.2) is 0 Å². The van der Waals surface area contributed by atoms with Crippen LogP contribution >= 0.6 is 15.8 Å². The fourth-order valence-corrected chi connectivity index (χ4v) is 15.9. The van der Waals surface area contributed by atoms with Gasteiger partial charge in [-0.15, -0.1) is 0 Å². The Hall–Kier alpha value is -1.48. The lowest BCUT2D eigenvalue weighted by Gasteiger charge is -2.50. The summed E-state index contributed by atoms with van der Waals surface area (Å²) in [6.07, 6.45) is 0. The van der Waals surface area contributed by atoms with Gasteiger partial charge in [0.05, 0.1) is 0 Å². The van der Waals surface area contributed by atoms with E-state index in [1.165, 1.54) is 22.3 Å². The zero-order valence-electron chi connectivity index (χ0n) is 26.1. The van der Waals surface area contributed by atoms with Crippen molar-refractivity contribution >= 4 is 15.8 Å². The predicted octanol–water partition coefficient (Wildman–Crippen LogP) is 12.0. The predicted molar refractivity (Wildman–Crippen MR) is 176 cm³/mol. The van der Waals surface area contributed by atoms with Crippen LogP contribution in [-0.4, -0.2) is 20.6 Å². The van der Waals surface area contributed by atoms with Crippen molar-refractivity contribution in [1.82, 2.24) is 0 Å². The molecule has 0 aliphatic rings. The lowest BCUT2D eigenvalue weighted by atomic mass is 9.94. The van der Waals surface area contributed by atoms with E-state index in [0.717, 1.165) is 0 Å². The van der Waals surface area contributed by atoms with Gasteiger partial charge >= 0.3 is 0 Å². The number of hydrogen-bond donors (Lipinski definition) is 0. The van der Waals surface area contributed by atoms with Gasteiger partial charge in [0.1, 0.15) is 0 Å². The molecule has 2 atom stereocenters. The number of hydrogen-bond acceptors (Lipinski definition) is 0. The Kier molecular flexibility index (Phi) is 9.44. The van der Waals surface area contributed by atoms with Crippen molar-refractivity contribution in [3.8, 4) is 0 Å². The Morgan fingerprint density at radius 3 is 0.842 bits per heavy atom. The second-order valence-corrected chi connectivity index (χ2v) is 22.6. The highest BCUT2D eigenvalue weighted by molar-refractivity contribution is 7.62. The molecule has 0 N–H and O–H groups in total. The molecule has 0 amide bonds. The molecule has 3 rings (SSSR count). The van der Waals surface area contributed by atoms with Crippen molar-refractivity contribution in [3.05, 3.63) is 107 Å². The van der Waals surface area contributed by atoms with E-state index in [2.05, 4.69) is 168 Å². The molecular weight excluding hydrogens is 494 g/mol. The van der Waals surface area contributed by atoms with Crippen molar-refractivity contribution in [2.45, 2.75) is 115 Å². The summed E-state index contributed by atoms with van der Waals surface area (Å²) in [5.74, 6) is 0. The highest BCUT2D eigenvalue weighted by atomic mass is 31.1. The first-order valence-electron chi connectivity index (χ1n) is 14.2.